The maximum Gasteiger partial charge on any atom is 0.235 e. The molecule has 0 amide bonds. The summed E-state index contributed by atoms with van der Waals surface area (Å²) < 4.78 is 18.3. The van der Waals surface area contributed by atoms with Gasteiger partial charge in [0.1, 0.15) is 5.75 Å². The molecule has 0 aliphatic heterocycles. The van der Waals surface area contributed by atoms with Crippen LogP contribution in [0.2, 0.25) is 0 Å². The van der Waals surface area contributed by atoms with Gasteiger partial charge in [-0.25, -0.2) is 4.39 Å². The van der Waals surface area contributed by atoms with Crippen LogP contribution in [0.4, 0.5) is 4.39 Å². The normalized spacial score (nSPS) is 36.8. The highest BCUT2D eigenvalue weighted by atomic mass is 19.1. The van der Waals surface area contributed by atoms with Crippen molar-refractivity contribution in [2.75, 3.05) is 0 Å². The Balaban J connectivity index is 1.63. The third-order valence-electron chi connectivity index (χ3n) is 6.95. The maximum atomic E-state index is 13.1. The zero-order valence-electron chi connectivity index (χ0n) is 14.3. The van der Waals surface area contributed by atoms with Gasteiger partial charge in [0.25, 0.3) is 0 Å². The minimum absolute atomic E-state index is 0.380. The Hall–Kier alpha value is -1.31. The van der Waals surface area contributed by atoms with Crippen molar-refractivity contribution in [2.24, 2.45) is 17.3 Å². The molecule has 0 spiro atoms. The zero-order chi connectivity index (χ0) is 16.2. The van der Waals surface area contributed by atoms with E-state index in [1.54, 1.807) is 0 Å². The van der Waals surface area contributed by atoms with Crippen molar-refractivity contribution in [3.63, 3.8) is 0 Å². The Labute approximate surface area is 138 Å². The first kappa shape index (κ1) is 15.2. The molecule has 0 N–H and O–H groups in total. The maximum absolute atomic E-state index is 13.1. The van der Waals surface area contributed by atoms with Crippen LogP contribution < -0.4 is 4.74 Å². The highest BCUT2D eigenvalue weighted by molar-refractivity contribution is 5.41. The van der Waals surface area contributed by atoms with Crippen molar-refractivity contribution in [3.8, 4) is 5.75 Å². The van der Waals surface area contributed by atoms with Crippen LogP contribution in [0.3, 0.4) is 0 Å². The predicted molar refractivity (Wildman–Crippen MR) is 91.4 cm³/mol. The fourth-order valence-corrected chi connectivity index (χ4v) is 5.73. The number of allylic oxidation sites excluding steroid dienone is 1. The first-order valence-corrected chi connectivity index (χ1v) is 9.11. The lowest BCUT2D eigenvalue weighted by Gasteiger charge is -2.49. The van der Waals surface area contributed by atoms with Crippen LogP contribution in [0.15, 0.2) is 30.4 Å². The van der Waals surface area contributed by atoms with Gasteiger partial charge in [-0.05, 0) is 85.0 Å². The fourth-order valence-electron chi connectivity index (χ4n) is 5.73. The number of halogens is 1. The summed E-state index contributed by atoms with van der Waals surface area (Å²) in [5.74, 6) is 2.96. The Morgan fingerprint density at radius 3 is 2.87 bits per heavy atom. The minimum atomic E-state index is -1.25. The van der Waals surface area contributed by atoms with E-state index in [0.717, 1.165) is 18.3 Å². The third kappa shape index (κ3) is 2.33. The standard InChI is InChI=1S/C21H27FO/c1-13-4-9-20-19-7-5-15-12-16(23-14(2)22)6-8-17(15)18(19)10-11-21(13,20)3/h6,8,12,14,18-20H,1,4-5,7,9-11H2,2-3H3/t14?,18-,19-,20+,21-/m1/s1. The topological polar surface area (TPSA) is 9.23 Å². The number of benzene rings is 1. The number of alkyl halides is 1. The Morgan fingerprint density at radius 2 is 2.09 bits per heavy atom. The molecule has 2 fully saturated rings. The van der Waals surface area contributed by atoms with Crippen molar-refractivity contribution in [3.05, 3.63) is 41.5 Å². The Morgan fingerprint density at radius 1 is 1.26 bits per heavy atom. The molecule has 3 aliphatic rings. The monoisotopic (exact) mass is 314 g/mol. The predicted octanol–water partition coefficient (Wildman–Crippen LogP) is 5.79. The van der Waals surface area contributed by atoms with Gasteiger partial charge in [-0.2, -0.15) is 0 Å². The summed E-state index contributed by atoms with van der Waals surface area (Å²) in [5, 5.41) is 0. The molecule has 124 valence electrons. The van der Waals surface area contributed by atoms with Crippen molar-refractivity contribution in [2.45, 2.75) is 64.6 Å². The minimum Gasteiger partial charge on any atom is -0.461 e. The van der Waals surface area contributed by atoms with Crippen LogP contribution >= 0.6 is 0 Å². The Bertz CT molecular complexity index is 635. The molecule has 0 aromatic heterocycles. The van der Waals surface area contributed by atoms with Gasteiger partial charge in [0, 0.05) is 6.92 Å². The van der Waals surface area contributed by atoms with E-state index in [9.17, 15) is 4.39 Å². The van der Waals surface area contributed by atoms with Crippen LogP contribution in [0.25, 0.3) is 0 Å². The van der Waals surface area contributed by atoms with E-state index in [1.807, 2.05) is 6.07 Å². The first-order chi connectivity index (χ1) is 11.0. The summed E-state index contributed by atoms with van der Waals surface area (Å²) in [6.45, 7) is 8.27. The van der Waals surface area contributed by atoms with E-state index < -0.39 is 6.36 Å². The van der Waals surface area contributed by atoms with Crippen molar-refractivity contribution in [1.29, 1.82) is 0 Å². The number of aryl methyl sites for hydroxylation is 1. The fraction of sp³-hybridized carbons (Fsp3) is 0.619. The second-order valence-corrected chi connectivity index (χ2v) is 8.04. The van der Waals surface area contributed by atoms with E-state index in [2.05, 4.69) is 25.6 Å². The molecule has 1 aromatic rings. The molecule has 2 saturated carbocycles. The molecule has 4 rings (SSSR count). The average Bonchev–Trinajstić information content (AvgIpc) is 2.82. The number of rotatable bonds is 2. The van der Waals surface area contributed by atoms with E-state index in [1.165, 1.54) is 55.7 Å². The van der Waals surface area contributed by atoms with Gasteiger partial charge < -0.3 is 4.74 Å². The summed E-state index contributed by atoms with van der Waals surface area (Å²) in [5.41, 5.74) is 4.75. The second-order valence-electron chi connectivity index (χ2n) is 8.04. The number of fused-ring (bicyclic) bond motifs is 5. The molecule has 1 aromatic carbocycles. The molecule has 0 bridgehead atoms. The third-order valence-corrected chi connectivity index (χ3v) is 6.95. The van der Waals surface area contributed by atoms with Gasteiger partial charge in [0.15, 0.2) is 0 Å². The molecule has 1 unspecified atom stereocenters. The number of hydrogen-bond donors (Lipinski definition) is 0. The first-order valence-electron chi connectivity index (χ1n) is 9.11. The lowest BCUT2D eigenvalue weighted by molar-refractivity contribution is 0.0794. The van der Waals surface area contributed by atoms with Crippen molar-refractivity contribution in [1.82, 2.24) is 0 Å². The van der Waals surface area contributed by atoms with Gasteiger partial charge in [-0.15, -0.1) is 0 Å². The highest BCUT2D eigenvalue weighted by Gasteiger charge is 2.51. The molecule has 2 heteroatoms. The van der Waals surface area contributed by atoms with E-state index in [0.29, 0.717) is 17.1 Å². The average molecular weight is 314 g/mol. The van der Waals surface area contributed by atoms with Crippen LogP contribution in [-0.2, 0) is 6.42 Å². The van der Waals surface area contributed by atoms with E-state index in [4.69, 9.17) is 4.74 Å². The molecular formula is C21H27FO. The highest BCUT2D eigenvalue weighted by Crippen LogP contribution is 2.62. The Kier molecular flexibility index (Phi) is 3.55. The molecular weight excluding hydrogens is 287 g/mol. The van der Waals surface area contributed by atoms with Crippen molar-refractivity contribution >= 4 is 0 Å². The van der Waals surface area contributed by atoms with Crippen LogP contribution in [0, 0.1) is 17.3 Å². The van der Waals surface area contributed by atoms with Gasteiger partial charge in [0.2, 0.25) is 6.36 Å². The smallest absolute Gasteiger partial charge is 0.235 e. The number of ether oxygens (including phenoxy) is 1. The zero-order valence-corrected chi connectivity index (χ0v) is 14.3. The van der Waals surface area contributed by atoms with Gasteiger partial charge >= 0.3 is 0 Å². The second kappa shape index (κ2) is 5.36. The van der Waals surface area contributed by atoms with Gasteiger partial charge in [0.05, 0.1) is 0 Å². The summed E-state index contributed by atoms with van der Waals surface area (Å²) in [7, 11) is 0. The lowest BCUT2D eigenvalue weighted by Crippen LogP contribution is -2.40. The van der Waals surface area contributed by atoms with Crippen LogP contribution in [0.5, 0.6) is 5.75 Å². The van der Waals surface area contributed by atoms with Crippen molar-refractivity contribution < 1.29 is 9.13 Å². The molecule has 23 heavy (non-hydrogen) atoms. The van der Waals surface area contributed by atoms with E-state index >= 15 is 0 Å². The van der Waals surface area contributed by atoms with Gasteiger partial charge in [-0.3, -0.25) is 0 Å². The number of hydrogen-bond acceptors (Lipinski definition) is 1. The quantitative estimate of drug-likeness (QED) is 0.627. The molecule has 3 aliphatic carbocycles. The van der Waals surface area contributed by atoms with Crippen LogP contribution in [0.1, 0.15) is 63.0 Å². The molecule has 0 radical (unpaired) electrons. The molecule has 0 heterocycles. The summed E-state index contributed by atoms with van der Waals surface area (Å²) in [6.07, 6.45) is 6.21. The summed E-state index contributed by atoms with van der Waals surface area (Å²) in [4.78, 5) is 0. The molecule has 0 saturated heterocycles. The molecule has 5 atom stereocenters. The summed E-state index contributed by atoms with van der Waals surface area (Å²) in [6, 6.07) is 6.23. The largest absolute Gasteiger partial charge is 0.461 e. The van der Waals surface area contributed by atoms with E-state index in [-0.39, 0.29) is 0 Å². The SMILES string of the molecule is C=C1CC[C@H]2[C@@H]3CCc4cc(OC(C)F)ccc4[C@H]3CC[C@]12C. The summed E-state index contributed by atoms with van der Waals surface area (Å²) >= 11 is 0. The lowest BCUT2D eigenvalue weighted by atomic mass is 9.55. The van der Waals surface area contributed by atoms with Gasteiger partial charge in [-0.1, -0.05) is 25.1 Å². The molecule has 1 nitrogen and oxygen atoms in total. The van der Waals surface area contributed by atoms with Crippen LogP contribution in [-0.4, -0.2) is 6.36 Å².